The Morgan fingerprint density at radius 3 is 3.05 bits per heavy atom. The van der Waals surface area contributed by atoms with Gasteiger partial charge in [-0.05, 0) is 31.5 Å². The molecule has 0 aromatic carbocycles. The van der Waals surface area contributed by atoms with Crippen molar-refractivity contribution in [3.05, 3.63) is 29.6 Å². The Balaban J connectivity index is 1.90. The summed E-state index contributed by atoms with van der Waals surface area (Å²) in [6.07, 6.45) is 4.10. The van der Waals surface area contributed by atoms with E-state index < -0.39 is 0 Å². The van der Waals surface area contributed by atoms with Crippen LogP contribution in [0.3, 0.4) is 0 Å². The zero-order valence-corrected chi connectivity index (χ0v) is 12.3. The van der Waals surface area contributed by atoms with Crippen molar-refractivity contribution in [2.75, 3.05) is 26.2 Å². The van der Waals surface area contributed by atoms with Crippen molar-refractivity contribution in [2.45, 2.75) is 25.8 Å². The lowest BCUT2D eigenvalue weighted by atomic mass is 10.2. The summed E-state index contributed by atoms with van der Waals surface area (Å²) in [7, 11) is 0. The molecule has 2 N–H and O–H groups in total. The molecule has 1 aliphatic rings. The van der Waals surface area contributed by atoms with Crippen LogP contribution in [0.1, 0.15) is 35.8 Å². The first-order valence-corrected chi connectivity index (χ1v) is 7.33. The van der Waals surface area contributed by atoms with E-state index in [2.05, 4.69) is 34.0 Å². The molecule has 1 saturated carbocycles. The number of nitrogens with zero attached hydrogens (tertiary/aromatic N) is 2. The number of aliphatic hydroxyl groups excluding tert-OH is 1. The van der Waals surface area contributed by atoms with Gasteiger partial charge in [0.2, 0.25) is 0 Å². The van der Waals surface area contributed by atoms with E-state index in [0.717, 1.165) is 13.1 Å². The van der Waals surface area contributed by atoms with Gasteiger partial charge in [-0.1, -0.05) is 18.8 Å². The second-order valence-electron chi connectivity index (χ2n) is 4.98. The summed E-state index contributed by atoms with van der Waals surface area (Å²) in [5.74, 6) is 5.07. The van der Waals surface area contributed by atoms with Crippen molar-refractivity contribution in [1.29, 1.82) is 0 Å². The fourth-order valence-corrected chi connectivity index (χ4v) is 2.26. The molecule has 0 atom stereocenters. The molecular weight excluding hydrogens is 266 g/mol. The number of amides is 1. The second kappa shape index (κ2) is 7.77. The molecule has 0 saturated heterocycles. The van der Waals surface area contributed by atoms with Crippen LogP contribution in [0.5, 0.6) is 0 Å². The van der Waals surface area contributed by atoms with Gasteiger partial charge >= 0.3 is 0 Å². The molecule has 0 radical (unpaired) electrons. The summed E-state index contributed by atoms with van der Waals surface area (Å²) in [6, 6.07) is 4.16. The summed E-state index contributed by atoms with van der Waals surface area (Å²) < 4.78 is 0. The van der Waals surface area contributed by atoms with Crippen LogP contribution in [0.15, 0.2) is 18.3 Å². The van der Waals surface area contributed by atoms with Crippen LogP contribution in [-0.4, -0.2) is 53.2 Å². The lowest BCUT2D eigenvalue weighted by Crippen LogP contribution is -2.36. The molecule has 0 aliphatic heterocycles. The number of likely N-dealkylation sites (N-methyl/N-ethyl adjacent to an activating group) is 1. The first kappa shape index (κ1) is 15.5. The Hall–Kier alpha value is -1.90. The van der Waals surface area contributed by atoms with E-state index >= 15 is 0 Å². The minimum absolute atomic E-state index is 0.218. The van der Waals surface area contributed by atoms with E-state index in [1.54, 1.807) is 18.3 Å². The maximum absolute atomic E-state index is 12.2. The van der Waals surface area contributed by atoms with Crippen LogP contribution in [0.4, 0.5) is 0 Å². The maximum Gasteiger partial charge on any atom is 0.271 e. The quantitative estimate of drug-likeness (QED) is 0.754. The van der Waals surface area contributed by atoms with Gasteiger partial charge in [-0.15, -0.1) is 0 Å². The largest absolute Gasteiger partial charge is 0.384 e. The molecule has 1 aromatic rings. The van der Waals surface area contributed by atoms with Crippen LogP contribution in [0, 0.1) is 11.8 Å². The van der Waals surface area contributed by atoms with Gasteiger partial charge in [-0.25, -0.2) is 4.98 Å². The second-order valence-corrected chi connectivity index (χ2v) is 4.98. The minimum Gasteiger partial charge on any atom is -0.384 e. The third-order valence-corrected chi connectivity index (χ3v) is 3.48. The number of pyridine rings is 1. The Kier molecular flexibility index (Phi) is 5.73. The number of carbonyl (C=O) groups is 1. The minimum atomic E-state index is -0.233. The Labute approximate surface area is 125 Å². The molecule has 1 aromatic heterocycles. The monoisotopic (exact) mass is 287 g/mol. The first-order valence-electron chi connectivity index (χ1n) is 7.33. The van der Waals surface area contributed by atoms with Gasteiger partial charge < -0.3 is 10.4 Å². The number of carbonyl (C=O) groups excluding carboxylic acids is 1. The van der Waals surface area contributed by atoms with Gasteiger partial charge in [-0.3, -0.25) is 9.69 Å². The summed E-state index contributed by atoms with van der Waals surface area (Å²) in [4.78, 5) is 18.6. The van der Waals surface area contributed by atoms with Gasteiger partial charge in [0.1, 0.15) is 12.3 Å². The van der Waals surface area contributed by atoms with E-state index in [9.17, 15) is 4.79 Å². The van der Waals surface area contributed by atoms with Crippen molar-refractivity contribution < 1.29 is 9.90 Å². The highest BCUT2D eigenvalue weighted by molar-refractivity contribution is 5.94. The van der Waals surface area contributed by atoms with Gasteiger partial charge in [0, 0.05) is 25.3 Å². The highest BCUT2D eigenvalue weighted by atomic mass is 16.2. The third-order valence-electron chi connectivity index (χ3n) is 3.48. The fourth-order valence-electron chi connectivity index (χ4n) is 2.26. The lowest BCUT2D eigenvalue weighted by molar-refractivity contribution is 0.0942. The van der Waals surface area contributed by atoms with Crippen LogP contribution in [0.2, 0.25) is 0 Å². The first-order chi connectivity index (χ1) is 10.3. The standard InChI is InChI=1S/C16H21N3O2/c1-2-19(14-7-8-14)11-10-18-16(21)15-13(6-4-12-20)5-3-9-17-15/h3,5,9,14,20H,2,7-8,10-12H2,1H3,(H,18,21). The number of hydrogen-bond donors (Lipinski definition) is 2. The van der Waals surface area contributed by atoms with E-state index in [-0.39, 0.29) is 12.5 Å². The molecule has 0 unspecified atom stereocenters. The SMILES string of the molecule is CCN(CCNC(=O)c1ncccc1C#CCO)C1CC1. The van der Waals surface area contributed by atoms with E-state index in [1.165, 1.54) is 12.8 Å². The predicted molar refractivity (Wildman–Crippen MR) is 80.8 cm³/mol. The molecule has 1 heterocycles. The average molecular weight is 287 g/mol. The average Bonchev–Trinajstić information content (AvgIpc) is 3.34. The molecule has 1 aliphatic carbocycles. The van der Waals surface area contributed by atoms with Gasteiger partial charge in [0.05, 0.1) is 5.56 Å². The molecule has 0 bridgehead atoms. The summed E-state index contributed by atoms with van der Waals surface area (Å²) >= 11 is 0. The zero-order chi connectivity index (χ0) is 15.1. The number of aliphatic hydroxyl groups is 1. The highest BCUT2D eigenvalue weighted by Gasteiger charge is 2.27. The Morgan fingerprint density at radius 1 is 1.57 bits per heavy atom. The Bertz CT molecular complexity index is 544. The summed E-state index contributed by atoms with van der Waals surface area (Å²) in [6.45, 7) is 4.38. The van der Waals surface area contributed by atoms with Gasteiger partial charge in [0.15, 0.2) is 0 Å². The molecule has 0 spiro atoms. The Morgan fingerprint density at radius 2 is 2.38 bits per heavy atom. The number of hydrogen-bond acceptors (Lipinski definition) is 4. The van der Waals surface area contributed by atoms with E-state index in [4.69, 9.17) is 5.11 Å². The lowest BCUT2D eigenvalue weighted by Gasteiger charge is -2.19. The van der Waals surface area contributed by atoms with Crippen LogP contribution >= 0.6 is 0 Å². The smallest absolute Gasteiger partial charge is 0.271 e. The third kappa shape index (κ3) is 4.55. The number of nitrogens with one attached hydrogen (secondary N) is 1. The van der Waals surface area contributed by atoms with E-state index in [1.807, 2.05) is 0 Å². The molecule has 1 amide bonds. The molecule has 5 heteroatoms. The topological polar surface area (TPSA) is 65.5 Å². The fraction of sp³-hybridized carbons (Fsp3) is 0.500. The highest BCUT2D eigenvalue weighted by Crippen LogP contribution is 2.25. The summed E-state index contributed by atoms with van der Waals surface area (Å²) in [5.41, 5.74) is 0.853. The molecule has 2 rings (SSSR count). The molecule has 21 heavy (non-hydrogen) atoms. The molecule has 5 nitrogen and oxygen atoms in total. The predicted octanol–water partition coefficient (Wildman–Crippen LogP) is 0.639. The van der Waals surface area contributed by atoms with Gasteiger partial charge in [0.25, 0.3) is 5.91 Å². The van der Waals surface area contributed by atoms with Crippen molar-refractivity contribution in [1.82, 2.24) is 15.2 Å². The van der Waals surface area contributed by atoms with Gasteiger partial charge in [-0.2, -0.15) is 0 Å². The van der Waals surface area contributed by atoms with Crippen molar-refractivity contribution in [3.63, 3.8) is 0 Å². The van der Waals surface area contributed by atoms with E-state index in [0.29, 0.717) is 23.8 Å². The normalized spacial score (nSPS) is 13.7. The molecule has 112 valence electrons. The zero-order valence-electron chi connectivity index (χ0n) is 12.3. The van der Waals surface area contributed by atoms with Crippen molar-refractivity contribution >= 4 is 5.91 Å². The van der Waals surface area contributed by atoms with Crippen molar-refractivity contribution in [2.24, 2.45) is 0 Å². The summed E-state index contributed by atoms with van der Waals surface area (Å²) in [5, 5.41) is 11.6. The van der Waals surface area contributed by atoms with Crippen molar-refractivity contribution in [3.8, 4) is 11.8 Å². The number of rotatable bonds is 6. The molecule has 1 fully saturated rings. The number of aromatic nitrogens is 1. The molecular formula is C16H21N3O2. The van der Waals surface area contributed by atoms with Crippen LogP contribution < -0.4 is 5.32 Å². The van der Waals surface area contributed by atoms with Crippen LogP contribution in [0.25, 0.3) is 0 Å². The van der Waals surface area contributed by atoms with Crippen LogP contribution in [-0.2, 0) is 0 Å². The maximum atomic E-state index is 12.2.